The number of allylic oxidation sites excluding steroid dienone is 2. The summed E-state index contributed by atoms with van der Waals surface area (Å²) in [6, 6.07) is 0. The second-order valence-corrected chi connectivity index (χ2v) is 14.4. The third-order valence-corrected chi connectivity index (χ3v) is 13.2. The van der Waals surface area contributed by atoms with E-state index in [0.717, 1.165) is 37.0 Å². The molecule has 0 radical (unpaired) electrons. The first-order chi connectivity index (χ1) is 14.8. The van der Waals surface area contributed by atoms with E-state index in [4.69, 9.17) is 0 Å². The number of hydrogen-bond donors (Lipinski definition) is 1. The van der Waals surface area contributed by atoms with E-state index in [-0.39, 0.29) is 5.41 Å². The molecule has 0 aromatic carbocycles. The lowest BCUT2D eigenvalue weighted by molar-refractivity contribution is -0.171. The highest BCUT2D eigenvalue weighted by atomic mass is 16.4. The van der Waals surface area contributed by atoms with E-state index < -0.39 is 11.4 Å². The van der Waals surface area contributed by atoms with Crippen molar-refractivity contribution in [2.24, 2.45) is 56.7 Å². The van der Waals surface area contributed by atoms with Gasteiger partial charge in [-0.3, -0.25) is 4.79 Å². The van der Waals surface area contributed by atoms with E-state index in [2.05, 4.69) is 54.5 Å². The van der Waals surface area contributed by atoms with Gasteiger partial charge in [-0.05, 0) is 116 Å². The number of hydrogen-bond acceptors (Lipinski definition) is 1. The summed E-state index contributed by atoms with van der Waals surface area (Å²) in [6.45, 7) is 17.4. The van der Waals surface area contributed by atoms with Crippen LogP contribution in [0.2, 0.25) is 0 Å². The summed E-state index contributed by atoms with van der Waals surface area (Å²) in [4.78, 5) is 12.4. The molecule has 4 saturated carbocycles. The zero-order chi connectivity index (χ0) is 23.3. The van der Waals surface area contributed by atoms with E-state index in [1.54, 1.807) is 5.57 Å². The highest BCUT2D eigenvalue weighted by Crippen LogP contribution is 2.76. The van der Waals surface area contributed by atoms with E-state index in [1.807, 2.05) is 0 Å². The van der Waals surface area contributed by atoms with Gasteiger partial charge in [-0.1, -0.05) is 59.6 Å². The van der Waals surface area contributed by atoms with Gasteiger partial charge in [-0.2, -0.15) is 0 Å². The molecule has 32 heavy (non-hydrogen) atoms. The van der Waals surface area contributed by atoms with E-state index in [0.29, 0.717) is 28.1 Å². The molecule has 5 aliphatic rings. The molecule has 4 fully saturated rings. The van der Waals surface area contributed by atoms with Crippen molar-refractivity contribution in [2.75, 3.05) is 0 Å². The topological polar surface area (TPSA) is 37.3 Å². The van der Waals surface area contributed by atoms with Crippen molar-refractivity contribution in [3.8, 4) is 0 Å². The van der Waals surface area contributed by atoms with E-state index in [9.17, 15) is 9.90 Å². The van der Waals surface area contributed by atoms with Crippen molar-refractivity contribution in [2.45, 2.75) is 113 Å². The van der Waals surface area contributed by atoms with Crippen LogP contribution in [0.4, 0.5) is 0 Å². The molecule has 180 valence electrons. The third kappa shape index (κ3) is 2.56. The lowest BCUT2D eigenvalue weighted by atomic mass is 9.36. The van der Waals surface area contributed by atoms with Gasteiger partial charge in [0, 0.05) is 0 Å². The fourth-order valence-corrected chi connectivity index (χ4v) is 11.3. The minimum Gasteiger partial charge on any atom is -0.481 e. The smallest absolute Gasteiger partial charge is 0.309 e. The molecule has 0 spiro atoms. The third-order valence-electron chi connectivity index (χ3n) is 13.2. The van der Waals surface area contributed by atoms with Gasteiger partial charge in [-0.15, -0.1) is 0 Å². The number of rotatable bonds is 2. The molecular formula is C30H48O2. The van der Waals surface area contributed by atoms with Gasteiger partial charge in [-0.25, -0.2) is 0 Å². The maximum absolute atomic E-state index is 12.4. The largest absolute Gasteiger partial charge is 0.481 e. The first kappa shape index (κ1) is 23.0. The average Bonchev–Trinajstić information content (AvgIpc) is 3.07. The Balaban J connectivity index is 1.56. The second-order valence-electron chi connectivity index (χ2n) is 14.4. The van der Waals surface area contributed by atoms with Crippen LogP contribution in [0.25, 0.3) is 0 Å². The van der Waals surface area contributed by atoms with Crippen molar-refractivity contribution >= 4 is 5.97 Å². The molecule has 0 aromatic rings. The Bertz CT molecular complexity index is 842. The Morgan fingerprint density at radius 1 is 0.906 bits per heavy atom. The van der Waals surface area contributed by atoms with Gasteiger partial charge >= 0.3 is 5.97 Å². The monoisotopic (exact) mass is 440 g/mol. The Kier molecular flexibility index (Phi) is 4.94. The van der Waals surface area contributed by atoms with Crippen LogP contribution in [0, 0.1) is 56.7 Å². The van der Waals surface area contributed by atoms with Crippen LogP contribution in [0.1, 0.15) is 113 Å². The van der Waals surface area contributed by atoms with Gasteiger partial charge in [0.15, 0.2) is 0 Å². The van der Waals surface area contributed by atoms with Crippen LogP contribution in [-0.2, 0) is 4.79 Å². The molecule has 2 heteroatoms. The molecule has 9 atom stereocenters. The summed E-state index contributed by atoms with van der Waals surface area (Å²) in [5, 5.41) is 10.2. The highest BCUT2D eigenvalue weighted by Gasteiger charge is 2.68. The molecule has 0 heterocycles. The van der Waals surface area contributed by atoms with Crippen molar-refractivity contribution < 1.29 is 9.90 Å². The Hall–Kier alpha value is -0.790. The number of carbonyl (C=O) groups is 1. The number of carboxylic acid groups (broad SMARTS) is 1. The molecule has 0 bridgehead atoms. The van der Waals surface area contributed by atoms with Gasteiger partial charge in [0.25, 0.3) is 0 Å². The van der Waals surface area contributed by atoms with Gasteiger partial charge in [0.05, 0.1) is 5.41 Å². The average molecular weight is 441 g/mol. The first-order valence-electron chi connectivity index (χ1n) is 13.8. The van der Waals surface area contributed by atoms with Crippen LogP contribution in [0.5, 0.6) is 0 Å². The van der Waals surface area contributed by atoms with Crippen molar-refractivity contribution in [3.05, 3.63) is 11.6 Å². The number of carboxylic acids is 1. The van der Waals surface area contributed by atoms with E-state index in [1.165, 1.54) is 44.9 Å². The molecule has 0 amide bonds. The number of fused-ring (bicyclic) bond motifs is 7. The quantitative estimate of drug-likeness (QED) is 0.440. The molecule has 5 aliphatic carbocycles. The van der Waals surface area contributed by atoms with Crippen LogP contribution < -0.4 is 0 Å². The van der Waals surface area contributed by atoms with E-state index >= 15 is 0 Å². The van der Waals surface area contributed by atoms with Crippen LogP contribution in [0.3, 0.4) is 0 Å². The SMILES string of the molecule is CC(C)[C@H]1CC[C@@H]2[C@]1(C)CC[C@]1(C)[C@H]3CC[C@H]4[C@@](C)(C(=O)O)CCC[C@]4(C)C3=CC[C@@]21C. The standard InChI is InChI=1S/C30H48O2/c1-19(2)20-9-12-24-27(20,4)17-18-29(6)22-10-11-23-26(3,21(22)13-16-30(24,29)7)14-8-15-28(23,5)25(31)32/h13,19-20,22-24H,8-12,14-18H2,1-7H3,(H,31,32)/t20-,22+,23-,24-,26-,27-,28+,29-,30+/m1/s1. The summed E-state index contributed by atoms with van der Waals surface area (Å²) in [6.07, 6.45) is 14.9. The zero-order valence-corrected chi connectivity index (χ0v) is 21.9. The van der Waals surface area contributed by atoms with Gasteiger partial charge < -0.3 is 5.11 Å². The van der Waals surface area contributed by atoms with Crippen LogP contribution >= 0.6 is 0 Å². The van der Waals surface area contributed by atoms with Crippen molar-refractivity contribution in [1.82, 2.24) is 0 Å². The van der Waals surface area contributed by atoms with Crippen molar-refractivity contribution in [1.29, 1.82) is 0 Å². The van der Waals surface area contributed by atoms with Crippen molar-refractivity contribution in [3.63, 3.8) is 0 Å². The lowest BCUT2D eigenvalue weighted by Gasteiger charge is -2.68. The summed E-state index contributed by atoms with van der Waals surface area (Å²) in [5.41, 5.74) is 2.45. The Morgan fingerprint density at radius 2 is 1.59 bits per heavy atom. The summed E-state index contributed by atoms with van der Waals surface area (Å²) in [7, 11) is 0. The minimum absolute atomic E-state index is 0.0789. The molecule has 5 rings (SSSR count). The summed E-state index contributed by atoms with van der Waals surface area (Å²) in [5.74, 6) is 2.89. The molecule has 0 unspecified atom stereocenters. The van der Waals surface area contributed by atoms with Gasteiger partial charge in [0.1, 0.15) is 0 Å². The molecule has 0 saturated heterocycles. The Morgan fingerprint density at radius 3 is 2.25 bits per heavy atom. The minimum atomic E-state index is -0.557. The second kappa shape index (κ2) is 6.88. The fraction of sp³-hybridized carbons (Fsp3) is 0.900. The summed E-state index contributed by atoms with van der Waals surface area (Å²) >= 11 is 0. The fourth-order valence-electron chi connectivity index (χ4n) is 11.3. The Labute approximate surface area is 197 Å². The predicted octanol–water partition coefficient (Wildman–Crippen LogP) is 8.12. The highest BCUT2D eigenvalue weighted by molar-refractivity contribution is 5.75. The molecule has 1 N–H and O–H groups in total. The van der Waals surface area contributed by atoms with Crippen LogP contribution in [0.15, 0.2) is 11.6 Å². The predicted molar refractivity (Wildman–Crippen MR) is 131 cm³/mol. The maximum Gasteiger partial charge on any atom is 0.309 e. The van der Waals surface area contributed by atoms with Crippen LogP contribution in [-0.4, -0.2) is 11.1 Å². The first-order valence-corrected chi connectivity index (χ1v) is 13.8. The summed E-state index contributed by atoms with van der Waals surface area (Å²) < 4.78 is 0. The zero-order valence-electron chi connectivity index (χ0n) is 21.9. The lowest BCUT2D eigenvalue weighted by Crippen LogP contribution is -2.61. The molecule has 0 aliphatic heterocycles. The normalized spacial score (nSPS) is 54.8. The number of aliphatic carboxylic acids is 1. The molecular weight excluding hydrogens is 392 g/mol. The maximum atomic E-state index is 12.4. The molecule has 2 nitrogen and oxygen atoms in total. The van der Waals surface area contributed by atoms with Gasteiger partial charge in [0.2, 0.25) is 0 Å². The molecule has 0 aromatic heterocycles.